The molecule has 28 heavy (non-hydrogen) atoms. The van der Waals surface area contributed by atoms with Gasteiger partial charge in [-0.05, 0) is 25.3 Å². The fourth-order valence-electron chi connectivity index (χ4n) is 3.03. The summed E-state index contributed by atoms with van der Waals surface area (Å²) in [7, 11) is 1.97. The standard InChI is InChI=1S/C20H30N6O.HI/c1-14(2)9-11-21-20(22-13-19-25-24-15(3)26(19)4)23-17-10-12-27-18-8-6-5-7-16(17)18;/h5-8,14,17H,9-13H2,1-4H3,(H2,21,22,23);1H. The van der Waals surface area contributed by atoms with Gasteiger partial charge in [0.05, 0.1) is 12.6 Å². The summed E-state index contributed by atoms with van der Waals surface area (Å²) in [5.41, 5.74) is 1.18. The first-order valence-electron chi connectivity index (χ1n) is 9.66. The van der Waals surface area contributed by atoms with Crippen molar-refractivity contribution >= 4 is 29.9 Å². The minimum atomic E-state index is 0. The second-order valence-electron chi connectivity index (χ2n) is 7.37. The van der Waals surface area contributed by atoms with Gasteiger partial charge in [0.25, 0.3) is 0 Å². The van der Waals surface area contributed by atoms with Crippen LogP contribution in [0.3, 0.4) is 0 Å². The third-order valence-electron chi connectivity index (χ3n) is 4.84. The van der Waals surface area contributed by atoms with Crippen molar-refractivity contribution in [1.29, 1.82) is 0 Å². The van der Waals surface area contributed by atoms with Crippen molar-refractivity contribution in [3.8, 4) is 5.75 Å². The summed E-state index contributed by atoms with van der Waals surface area (Å²) >= 11 is 0. The second kappa shape index (κ2) is 10.6. The molecule has 2 N–H and O–H groups in total. The lowest BCUT2D eigenvalue weighted by Crippen LogP contribution is -2.41. The highest BCUT2D eigenvalue weighted by molar-refractivity contribution is 14.0. The van der Waals surface area contributed by atoms with Crippen LogP contribution in [0.5, 0.6) is 5.75 Å². The first-order valence-corrected chi connectivity index (χ1v) is 9.66. The Labute approximate surface area is 184 Å². The molecule has 3 rings (SSSR count). The highest BCUT2D eigenvalue weighted by atomic mass is 127. The first kappa shape index (κ1) is 22.4. The topological polar surface area (TPSA) is 76.4 Å². The van der Waals surface area contributed by atoms with Gasteiger partial charge in [-0.1, -0.05) is 32.0 Å². The number of aliphatic imine (C=N–C) groups is 1. The Morgan fingerprint density at radius 1 is 1.32 bits per heavy atom. The number of nitrogens with zero attached hydrogens (tertiary/aromatic N) is 4. The molecule has 1 unspecified atom stereocenters. The Bertz CT molecular complexity index is 789. The average molecular weight is 498 g/mol. The van der Waals surface area contributed by atoms with Crippen LogP contribution in [0.1, 0.15) is 49.9 Å². The van der Waals surface area contributed by atoms with Gasteiger partial charge >= 0.3 is 0 Å². The predicted molar refractivity (Wildman–Crippen MR) is 122 cm³/mol. The lowest BCUT2D eigenvalue weighted by molar-refractivity contribution is 0.261. The van der Waals surface area contributed by atoms with Gasteiger partial charge in [-0.3, -0.25) is 0 Å². The van der Waals surface area contributed by atoms with Gasteiger partial charge in [-0.25, -0.2) is 4.99 Å². The van der Waals surface area contributed by atoms with Crippen LogP contribution in [0.4, 0.5) is 0 Å². The molecule has 1 aliphatic heterocycles. The average Bonchev–Trinajstić information content (AvgIpc) is 2.98. The van der Waals surface area contributed by atoms with Crippen LogP contribution in [0.2, 0.25) is 0 Å². The molecular weight excluding hydrogens is 467 g/mol. The molecule has 0 radical (unpaired) electrons. The molecule has 0 aliphatic carbocycles. The molecular formula is C20H31IN6O. The van der Waals surface area contributed by atoms with Gasteiger partial charge < -0.3 is 19.9 Å². The van der Waals surface area contributed by atoms with E-state index in [1.165, 1.54) is 5.56 Å². The van der Waals surface area contributed by atoms with Crippen LogP contribution in [0.15, 0.2) is 29.3 Å². The lowest BCUT2D eigenvalue weighted by Gasteiger charge is -2.28. The summed E-state index contributed by atoms with van der Waals surface area (Å²) in [5.74, 6) is 4.14. The molecule has 0 saturated carbocycles. The smallest absolute Gasteiger partial charge is 0.192 e. The second-order valence-corrected chi connectivity index (χ2v) is 7.37. The van der Waals surface area contributed by atoms with Crippen molar-refractivity contribution in [3.05, 3.63) is 41.5 Å². The predicted octanol–water partition coefficient (Wildman–Crippen LogP) is 3.35. The minimum Gasteiger partial charge on any atom is -0.493 e. The van der Waals surface area contributed by atoms with Crippen molar-refractivity contribution in [2.24, 2.45) is 18.0 Å². The van der Waals surface area contributed by atoms with Crippen LogP contribution in [-0.4, -0.2) is 33.9 Å². The van der Waals surface area contributed by atoms with E-state index >= 15 is 0 Å². The zero-order valence-electron chi connectivity index (χ0n) is 17.1. The van der Waals surface area contributed by atoms with Gasteiger partial charge in [0.2, 0.25) is 0 Å². The monoisotopic (exact) mass is 498 g/mol. The molecule has 2 aromatic rings. The van der Waals surface area contributed by atoms with Gasteiger partial charge in [0, 0.05) is 25.6 Å². The maximum Gasteiger partial charge on any atom is 0.192 e. The molecule has 2 heterocycles. The number of fused-ring (bicyclic) bond motifs is 1. The van der Waals surface area contributed by atoms with Crippen molar-refractivity contribution in [1.82, 2.24) is 25.4 Å². The van der Waals surface area contributed by atoms with Crippen molar-refractivity contribution in [3.63, 3.8) is 0 Å². The number of guanidine groups is 1. The molecule has 1 aromatic carbocycles. The fourth-order valence-corrected chi connectivity index (χ4v) is 3.03. The molecule has 154 valence electrons. The Morgan fingerprint density at radius 3 is 2.82 bits per heavy atom. The number of aromatic nitrogens is 3. The number of hydrogen-bond acceptors (Lipinski definition) is 4. The first-order chi connectivity index (χ1) is 13.0. The summed E-state index contributed by atoms with van der Waals surface area (Å²) in [6, 6.07) is 8.38. The van der Waals surface area contributed by atoms with Crippen LogP contribution in [0, 0.1) is 12.8 Å². The molecule has 1 aliphatic rings. The Balaban J connectivity index is 0.00000280. The van der Waals surface area contributed by atoms with E-state index in [1.54, 1.807) is 0 Å². The van der Waals surface area contributed by atoms with Gasteiger partial charge in [-0.2, -0.15) is 0 Å². The highest BCUT2D eigenvalue weighted by Gasteiger charge is 2.22. The molecule has 0 bridgehead atoms. The van der Waals surface area contributed by atoms with Crippen LogP contribution in [-0.2, 0) is 13.6 Å². The highest BCUT2D eigenvalue weighted by Crippen LogP contribution is 2.31. The van der Waals surface area contributed by atoms with Crippen molar-refractivity contribution in [2.75, 3.05) is 13.2 Å². The fraction of sp³-hybridized carbons (Fsp3) is 0.550. The number of rotatable bonds is 6. The largest absolute Gasteiger partial charge is 0.493 e. The van der Waals surface area contributed by atoms with E-state index in [2.05, 4.69) is 40.7 Å². The van der Waals surface area contributed by atoms with Crippen molar-refractivity contribution in [2.45, 2.75) is 46.2 Å². The third kappa shape index (κ3) is 5.83. The molecule has 0 saturated heterocycles. The Kier molecular flexibility index (Phi) is 8.53. The minimum absolute atomic E-state index is 0. The zero-order chi connectivity index (χ0) is 19.2. The molecule has 8 heteroatoms. The normalized spacial score (nSPS) is 16.2. The number of hydrogen-bond donors (Lipinski definition) is 2. The number of nitrogens with one attached hydrogen (secondary N) is 2. The molecule has 7 nitrogen and oxygen atoms in total. The number of ether oxygens (including phenoxy) is 1. The van der Waals surface area contributed by atoms with Gasteiger partial charge in [-0.15, -0.1) is 34.2 Å². The van der Waals surface area contributed by atoms with Crippen molar-refractivity contribution < 1.29 is 4.74 Å². The van der Waals surface area contributed by atoms with E-state index in [4.69, 9.17) is 9.73 Å². The molecule has 1 atom stereocenters. The van der Waals surface area contributed by atoms with Gasteiger partial charge in [0.15, 0.2) is 11.8 Å². The van der Waals surface area contributed by atoms with Crippen LogP contribution in [0.25, 0.3) is 0 Å². The van der Waals surface area contributed by atoms with E-state index in [-0.39, 0.29) is 30.0 Å². The van der Waals surface area contributed by atoms with E-state index in [1.807, 2.05) is 36.7 Å². The van der Waals surface area contributed by atoms with E-state index in [0.29, 0.717) is 19.1 Å². The molecule has 0 amide bonds. The van der Waals surface area contributed by atoms with E-state index in [0.717, 1.165) is 42.7 Å². The SMILES string of the molecule is Cc1nnc(CN=C(NCCC(C)C)NC2CCOc3ccccc32)n1C.I. The maximum absolute atomic E-state index is 5.77. The Hall–Kier alpha value is -1.84. The van der Waals surface area contributed by atoms with E-state index in [9.17, 15) is 0 Å². The quantitative estimate of drug-likeness (QED) is 0.363. The van der Waals surface area contributed by atoms with Crippen LogP contribution >= 0.6 is 24.0 Å². The molecule has 0 fully saturated rings. The van der Waals surface area contributed by atoms with E-state index < -0.39 is 0 Å². The lowest BCUT2D eigenvalue weighted by atomic mass is 10.0. The third-order valence-corrected chi connectivity index (χ3v) is 4.84. The summed E-state index contributed by atoms with van der Waals surface area (Å²) in [6.45, 7) is 8.47. The zero-order valence-corrected chi connectivity index (χ0v) is 19.4. The number of halogens is 1. The maximum atomic E-state index is 5.77. The summed E-state index contributed by atoms with van der Waals surface area (Å²) in [5, 5.41) is 15.4. The number of para-hydroxylation sites is 1. The summed E-state index contributed by atoms with van der Waals surface area (Å²) in [6.07, 6.45) is 2.00. The Morgan fingerprint density at radius 2 is 2.11 bits per heavy atom. The summed E-state index contributed by atoms with van der Waals surface area (Å²) in [4.78, 5) is 4.76. The molecule has 1 aromatic heterocycles. The van der Waals surface area contributed by atoms with Crippen LogP contribution < -0.4 is 15.4 Å². The summed E-state index contributed by atoms with van der Waals surface area (Å²) < 4.78 is 7.74. The molecule has 0 spiro atoms. The number of benzene rings is 1. The number of aryl methyl sites for hydroxylation is 1. The van der Waals surface area contributed by atoms with Gasteiger partial charge in [0.1, 0.15) is 18.1 Å².